The normalized spacial score (nSPS) is 14.1. The second kappa shape index (κ2) is 9.29. The SMILES string of the molecule is COc1ccccc1C(CNC(=O)CSc1ccc2c(c1)CCC2)N(C)C. The van der Waals surface area contributed by atoms with Crippen molar-refractivity contribution < 1.29 is 9.53 Å². The summed E-state index contributed by atoms with van der Waals surface area (Å²) in [5.74, 6) is 1.34. The third kappa shape index (κ3) is 5.05. The lowest BCUT2D eigenvalue weighted by atomic mass is 10.0. The number of rotatable bonds is 8. The summed E-state index contributed by atoms with van der Waals surface area (Å²) in [5.41, 5.74) is 4.00. The Kier molecular flexibility index (Phi) is 6.80. The maximum Gasteiger partial charge on any atom is 0.230 e. The van der Waals surface area contributed by atoms with E-state index in [1.807, 2.05) is 32.3 Å². The Morgan fingerprint density at radius 1 is 1.19 bits per heavy atom. The molecule has 0 aliphatic heterocycles. The Morgan fingerprint density at radius 3 is 2.74 bits per heavy atom. The van der Waals surface area contributed by atoms with Crippen molar-refractivity contribution in [1.29, 1.82) is 0 Å². The monoisotopic (exact) mass is 384 g/mol. The van der Waals surface area contributed by atoms with Crippen LogP contribution in [0.4, 0.5) is 0 Å². The van der Waals surface area contributed by atoms with E-state index in [4.69, 9.17) is 4.74 Å². The van der Waals surface area contributed by atoms with Crippen molar-refractivity contribution in [2.45, 2.75) is 30.2 Å². The molecule has 0 aromatic heterocycles. The second-order valence-corrected chi connectivity index (χ2v) is 8.15. The zero-order valence-electron chi connectivity index (χ0n) is 16.3. The minimum absolute atomic E-state index is 0.0576. The summed E-state index contributed by atoms with van der Waals surface area (Å²) in [4.78, 5) is 15.7. The minimum Gasteiger partial charge on any atom is -0.496 e. The first-order valence-corrected chi connectivity index (χ1v) is 10.4. The van der Waals surface area contributed by atoms with Gasteiger partial charge in [-0.1, -0.05) is 24.3 Å². The van der Waals surface area contributed by atoms with Gasteiger partial charge in [-0.05, 0) is 62.7 Å². The first-order valence-electron chi connectivity index (χ1n) is 9.39. The van der Waals surface area contributed by atoms with Crippen molar-refractivity contribution in [3.05, 3.63) is 59.2 Å². The van der Waals surface area contributed by atoms with Crippen LogP contribution in [-0.2, 0) is 17.6 Å². The molecule has 0 radical (unpaired) electrons. The number of hydrogen-bond acceptors (Lipinski definition) is 4. The fourth-order valence-corrected chi connectivity index (χ4v) is 4.35. The highest BCUT2D eigenvalue weighted by Crippen LogP contribution is 2.28. The summed E-state index contributed by atoms with van der Waals surface area (Å²) in [6.07, 6.45) is 3.60. The van der Waals surface area contributed by atoms with E-state index in [0.717, 1.165) is 11.3 Å². The van der Waals surface area contributed by atoms with E-state index >= 15 is 0 Å². The van der Waals surface area contributed by atoms with Crippen LogP contribution in [0.15, 0.2) is 47.4 Å². The topological polar surface area (TPSA) is 41.6 Å². The average Bonchev–Trinajstić information content (AvgIpc) is 3.14. The number of benzene rings is 2. The summed E-state index contributed by atoms with van der Waals surface area (Å²) in [6, 6.07) is 14.6. The molecule has 2 aromatic carbocycles. The molecular formula is C22H28N2O2S. The highest BCUT2D eigenvalue weighted by molar-refractivity contribution is 8.00. The van der Waals surface area contributed by atoms with Crippen LogP contribution in [0, 0.1) is 0 Å². The minimum atomic E-state index is 0.0576. The summed E-state index contributed by atoms with van der Waals surface area (Å²) in [7, 11) is 5.71. The number of likely N-dealkylation sites (N-methyl/N-ethyl adjacent to an activating group) is 1. The number of aryl methyl sites for hydroxylation is 2. The molecule has 0 heterocycles. The summed E-state index contributed by atoms with van der Waals surface area (Å²) in [6.45, 7) is 0.553. The Balaban J connectivity index is 1.55. The number of hydrogen-bond donors (Lipinski definition) is 1. The van der Waals surface area contributed by atoms with Crippen molar-refractivity contribution >= 4 is 17.7 Å². The first kappa shape index (κ1) is 19.8. The number of nitrogens with one attached hydrogen (secondary N) is 1. The second-order valence-electron chi connectivity index (χ2n) is 7.10. The largest absolute Gasteiger partial charge is 0.496 e. The zero-order chi connectivity index (χ0) is 19.2. The molecule has 1 amide bonds. The van der Waals surface area contributed by atoms with Crippen molar-refractivity contribution in [2.75, 3.05) is 33.5 Å². The van der Waals surface area contributed by atoms with Crippen LogP contribution in [0.3, 0.4) is 0 Å². The number of thioether (sulfide) groups is 1. The molecule has 0 saturated heterocycles. The molecular weight excluding hydrogens is 356 g/mol. The van der Waals surface area contributed by atoms with Crippen LogP contribution in [0.25, 0.3) is 0 Å². The van der Waals surface area contributed by atoms with Gasteiger partial charge in [0.05, 0.1) is 18.9 Å². The lowest BCUT2D eigenvalue weighted by molar-refractivity contribution is -0.118. The van der Waals surface area contributed by atoms with Gasteiger partial charge in [0.1, 0.15) is 5.75 Å². The maximum absolute atomic E-state index is 12.4. The standard InChI is InChI=1S/C22H28N2O2S/c1-24(2)20(19-9-4-5-10-21(19)26-3)14-23-22(25)15-27-18-12-11-16-7-6-8-17(16)13-18/h4-5,9-13,20H,6-8,14-15H2,1-3H3,(H,23,25). The molecule has 1 N–H and O–H groups in total. The van der Waals surface area contributed by atoms with Crippen molar-refractivity contribution in [3.8, 4) is 5.75 Å². The molecule has 144 valence electrons. The number of carbonyl (C=O) groups excluding carboxylic acids is 1. The lowest BCUT2D eigenvalue weighted by Gasteiger charge is -2.26. The van der Waals surface area contributed by atoms with E-state index in [0.29, 0.717) is 12.3 Å². The fourth-order valence-electron chi connectivity index (χ4n) is 3.56. The van der Waals surface area contributed by atoms with Crippen molar-refractivity contribution in [3.63, 3.8) is 0 Å². The number of nitrogens with zero attached hydrogens (tertiary/aromatic N) is 1. The van der Waals surface area contributed by atoms with Gasteiger partial charge in [0, 0.05) is 17.0 Å². The molecule has 4 nitrogen and oxygen atoms in total. The van der Waals surface area contributed by atoms with E-state index < -0.39 is 0 Å². The smallest absolute Gasteiger partial charge is 0.230 e. The molecule has 0 fully saturated rings. The molecule has 0 bridgehead atoms. The molecule has 1 aliphatic carbocycles. The van der Waals surface area contributed by atoms with Crippen LogP contribution >= 0.6 is 11.8 Å². The first-order chi connectivity index (χ1) is 13.1. The van der Waals surface area contributed by atoms with Crippen molar-refractivity contribution in [2.24, 2.45) is 0 Å². The Bertz CT molecular complexity index is 792. The number of methoxy groups -OCH3 is 1. The van der Waals surface area contributed by atoms with Gasteiger partial charge in [-0.3, -0.25) is 4.79 Å². The highest BCUT2D eigenvalue weighted by atomic mass is 32.2. The number of para-hydroxylation sites is 1. The Morgan fingerprint density at radius 2 is 1.96 bits per heavy atom. The number of carbonyl (C=O) groups is 1. The van der Waals surface area contributed by atoms with Gasteiger partial charge in [0.2, 0.25) is 5.91 Å². The van der Waals surface area contributed by atoms with E-state index in [9.17, 15) is 4.79 Å². The Hall–Kier alpha value is -1.98. The summed E-state index contributed by atoms with van der Waals surface area (Å²) >= 11 is 1.61. The number of ether oxygens (including phenoxy) is 1. The summed E-state index contributed by atoms with van der Waals surface area (Å²) < 4.78 is 5.48. The van der Waals surface area contributed by atoms with Crippen LogP contribution < -0.4 is 10.1 Å². The van der Waals surface area contributed by atoms with E-state index in [-0.39, 0.29) is 11.9 Å². The van der Waals surface area contributed by atoms with Crippen LogP contribution in [0.5, 0.6) is 5.75 Å². The highest BCUT2D eigenvalue weighted by Gasteiger charge is 2.19. The fraction of sp³-hybridized carbons (Fsp3) is 0.409. The molecule has 27 heavy (non-hydrogen) atoms. The van der Waals surface area contributed by atoms with Gasteiger partial charge in [-0.2, -0.15) is 0 Å². The van der Waals surface area contributed by atoms with Gasteiger partial charge in [-0.15, -0.1) is 11.8 Å². The van der Waals surface area contributed by atoms with Crippen LogP contribution in [-0.4, -0.2) is 44.3 Å². The molecule has 1 atom stereocenters. The van der Waals surface area contributed by atoms with E-state index in [1.165, 1.54) is 35.3 Å². The third-order valence-electron chi connectivity index (χ3n) is 5.05. The van der Waals surface area contributed by atoms with Gasteiger partial charge >= 0.3 is 0 Å². The van der Waals surface area contributed by atoms with Gasteiger partial charge < -0.3 is 15.0 Å². The predicted molar refractivity (Wildman–Crippen MR) is 112 cm³/mol. The third-order valence-corrected chi connectivity index (χ3v) is 6.05. The van der Waals surface area contributed by atoms with E-state index in [1.54, 1.807) is 18.9 Å². The maximum atomic E-state index is 12.4. The van der Waals surface area contributed by atoms with Crippen LogP contribution in [0.1, 0.15) is 29.2 Å². The molecule has 3 rings (SSSR count). The predicted octanol–water partition coefficient (Wildman–Crippen LogP) is 3.70. The molecule has 0 saturated carbocycles. The van der Waals surface area contributed by atoms with Gasteiger partial charge in [-0.25, -0.2) is 0 Å². The van der Waals surface area contributed by atoms with Gasteiger partial charge in [0.25, 0.3) is 0 Å². The molecule has 5 heteroatoms. The van der Waals surface area contributed by atoms with Crippen LogP contribution in [0.2, 0.25) is 0 Å². The molecule has 2 aromatic rings. The number of fused-ring (bicyclic) bond motifs is 1. The molecule has 1 unspecified atom stereocenters. The van der Waals surface area contributed by atoms with E-state index in [2.05, 4.69) is 34.5 Å². The average molecular weight is 385 g/mol. The number of amides is 1. The summed E-state index contributed by atoms with van der Waals surface area (Å²) in [5, 5.41) is 3.08. The van der Waals surface area contributed by atoms with Gasteiger partial charge in [0.15, 0.2) is 0 Å². The lowest BCUT2D eigenvalue weighted by Crippen LogP contribution is -2.35. The molecule has 1 aliphatic rings. The Labute approximate surface area is 166 Å². The van der Waals surface area contributed by atoms with Crippen molar-refractivity contribution in [1.82, 2.24) is 10.2 Å². The molecule has 0 spiro atoms. The zero-order valence-corrected chi connectivity index (χ0v) is 17.1. The quantitative estimate of drug-likeness (QED) is 0.705.